The van der Waals surface area contributed by atoms with E-state index >= 15 is 0 Å². The Balaban J connectivity index is 0.00000200. The number of hydrogen-bond donors (Lipinski definition) is 2. The van der Waals surface area contributed by atoms with Gasteiger partial charge in [0.25, 0.3) is 0 Å². The fourth-order valence-electron chi connectivity index (χ4n) is 2.28. The molecule has 20 heavy (non-hydrogen) atoms. The molecule has 0 bridgehead atoms. The Hall–Kier alpha value is -1.20. The third-order valence-electron chi connectivity index (χ3n) is 3.43. The Morgan fingerprint density at radius 1 is 1.30 bits per heavy atom. The molecule has 0 aromatic heterocycles. The standard InChI is InChI=1S/C14H18F2N2O.ClH/c15-11-4-3-5-12(16)13(11)9-8-10(9)14(19)18-7-2-1-6-17;/h3-5,9-10H,1-2,6-8,17H2,(H,18,19);1H. The molecule has 0 heterocycles. The summed E-state index contributed by atoms with van der Waals surface area (Å²) in [5.74, 6) is -1.88. The molecule has 2 atom stereocenters. The summed E-state index contributed by atoms with van der Waals surface area (Å²) in [5, 5.41) is 2.78. The van der Waals surface area contributed by atoms with Gasteiger partial charge < -0.3 is 11.1 Å². The summed E-state index contributed by atoms with van der Waals surface area (Å²) >= 11 is 0. The van der Waals surface area contributed by atoms with Crippen molar-refractivity contribution < 1.29 is 13.6 Å². The Bertz CT molecular complexity index is 450. The van der Waals surface area contributed by atoms with Gasteiger partial charge in [0.15, 0.2) is 0 Å². The van der Waals surface area contributed by atoms with Crippen molar-refractivity contribution in [3.05, 3.63) is 35.4 Å². The zero-order valence-electron chi connectivity index (χ0n) is 11.1. The van der Waals surface area contributed by atoms with E-state index in [0.29, 0.717) is 19.5 Å². The van der Waals surface area contributed by atoms with E-state index in [0.717, 1.165) is 12.8 Å². The Kier molecular flexibility index (Phi) is 6.36. The van der Waals surface area contributed by atoms with Crippen molar-refractivity contribution in [2.24, 2.45) is 11.7 Å². The molecule has 1 aromatic carbocycles. The molecule has 3 N–H and O–H groups in total. The molecule has 2 rings (SSSR count). The minimum absolute atomic E-state index is 0. The molecule has 0 aliphatic heterocycles. The van der Waals surface area contributed by atoms with E-state index in [2.05, 4.69) is 5.32 Å². The van der Waals surface area contributed by atoms with Crippen molar-refractivity contribution in [1.29, 1.82) is 0 Å². The van der Waals surface area contributed by atoms with Gasteiger partial charge in [-0.15, -0.1) is 12.4 Å². The van der Waals surface area contributed by atoms with E-state index in [9.17, 15) is 13.6 Å². The number of carbonyl (C=O) groups excluding carboxylic acids is 1. The van der Waals surface area contributed by atoms with Crippen LogP contribution in [-0.2, 0) is 4.79 Å². The molecule has 6 heteroatoms. The smallest absolute Gasteiger partial charge is 0.223 e. The highest BCUT2D eigenvalue weighted by molar-refractivity contribution is 5.85. The van der Waals surface area contributed by atoms with E-state index in [1.54, 1.807) is 0 Å². The number of amides is 1. The molecule has 1 fully saturated rings. The van der Waals surface area contributed by atoms with Crippen LogP contribution in [0.1, 0.15) is 30.7 Å². The molecular weight excluding hydrogens is 286 g/mol. The highest BCUT2D eigenvalue weighted by Crippen LogP contribution is 2.49. The van der Waals surface area contributed by atoms with Crippen LogP contribution >= 0.6 is 12.4 Å². The summed E-state index contributed by atoms with van der Waals surface area (Å²) in [6, 6.07) is 3.79. The number of rotatable bonds is 6. The molecule has 0 saturated heterocycles. The number of benzene rings is 1. The molecule has 1 saturated carbocycles. The average molecular weight is 305 g/mol. The molecule has 0 spiro atoms. The van der Waals surface area contributed by atoms with Gasteiger partial charge in [0.05, 0.1) is 0 Å². The van der Waals surface area contributed by atoms with Crippen molar-refractivity contribution in [2.75, 3.05) is 13.1 Å². The van der Waals surface area contributed by atoms with Crippen LogP contribution in [0.3, 0.4) is 0 Å². The summed E-state index contributed by atoms with van der Waals surface area (Å²) in [5.41, 5.74) is 5.40. The number of halogens is 3. The van der Waals surface area contributed by atoms with Gasteiger partial charge in [0.2, 0.25) is 5.91 Å². The van der Waals surface area contributed by atoms with Gasteiger partial charge in [0.1, 0.15) is 11.6 Å². The lowest BCUT2D eigenvalue weighted by atomic mass is 10.1. The van der Waals surface area contributed by atoms with Crippen molar-refractivity contribution in [3.63, 3.8) is 0 Å². The minimum Gasteiger partial charge on any atom is -0.356 e. The SMILES string of the molecule is Cl.NCCCCNC(=O)C1CC1c1c(F)cccc1F. The summed E-state index contributed by atoms with van der Waals surface area (Å²) in [6.45, 7) is 1.17. The molecule has 1 aliphatic rings. The lowest BCUT2D eigenvalue weighted by Crippen LogP contribution is -2.26. The fraction of sp³-hybridized carbons (Fsp3) is 0.500. The topological polar surface area (TPSA) is 55.1 Å². The lowest BCUT2D eigenvalue weighted by molar-refractivity contribution is -0.122. The first-order valence-corrected chi connectivity index (χ1v) is 6.57. The summed E-state index contributed by atoms with van der Waals surface area (Å²) in [7, 11) is 0. The van der Waals surface area contributed by atoms with Gasteiger partial charge in [-0.25, -0.2) is 8.78 Å². The highest BCUT2D eigenvalue weighted by atomic mass is 35.5. The number of nitrogens with one attached hydrogen (secondary N) is 1. The van der Waals surface area contributed by atoms with Crippen molar-refractivity contribution in [1.82, 2.24) is 5.32 Å². The van der Waals surface area contributed by atoms with Gasteiger partial charge in [-0.1, -0.05) is 6.07 Å². The predicted molar refractivity (Wildman–Crippen MR) is 75.8 cm³/mol. The second kappa shape index (κ2) is 7.55. The maximum atomic E-state index is 13.5. The van der Waals surface area contributed by atoms with Crippen LogP contribution in [0.15, 0.2) is 18.2 Å². The molecule has 3 nitrogen and oxygen atoms in total. The van der Waals surface area contributed by atoms with E-state index in [4.69, 9.17) is 5.73 Å². The number of hydrogen-bond acceptors (Lipinski definition) is 2. The van der Waals surface area contributed by atoms with Gasteiger partial charge in [-0.2, -0.15) is 0 Å². The van der Waals surface area contributed by atoms with Crippen LogP contribution in [0.2, 0.25) is 0 Å². The zero-order chi connectivity index (χ0) is 13.8. The van der Waals surface area contributed by atoms with Crippen LogP contribution in [0.25, 0.3) is 0 Å². The molecular formula is C14H19ClF2N2O. The Labute approximate surface area is 123 Å². The summed E-state index contributed by atoms with van der Waals surface area (Å²) in [6.07, 6.45) is 2.20. The second-order valence-electron chi connectivity index (χ2n) is 4.87. The molecule has 112 valence electrons. The number of nitrogens with two attached hydrogens (primary N) is 1. The molecule has 1 aromatic rings. The van der Waals surface area contributed by atoms with Crippen molar-refractivity contribution >= 4 is 18.3 Å². The Morgan fingerprint density at radius 2 is 1.95 bits per heavy atom. The Morgan fingerprint density at radius 3 is 2.55 bits per heavy atom. The predicted octanol–water partition coefficient (Wildman–Crippen LogP) is 2.35. The third-order valence-corrected chi connectivity index (χ3v) is 3.43. The maximum absolute atomic E-state index is 13.5. The highest BCUT2D eigenvalue weighted by Gasteiger charge is 2.46. The summed E-state index contributed by atoms with van der Waals surface area (Å²) < 4.78 is 27.1. The van der Waals surface area contributed by atoms with Gasteiger partial charge >= 0.3 is 0 Å². The van der Waals surface area contributed by atoms with E-state index in [-0.39, 0.29) is 35.7 Å². The first-order chi connectivity index (χ1) is 9.15. The van der Waals surface area contributed by atoms with E-state index < -0.39 is 11.6 Å². The van der Waals surface area contributed by atoms with Gasteiger partial charge in [-0.05, 0) is 37.9 Å². The van der Waals surface area contributed by atoms with Crippen LogP contribution in [-0.4, -0.2) is 19.0 Å². The normalized spacial score (nSPS) is 20.1. The van der Waals surface area contributed by atoms with Gasteiger partial charge in [0, 0.05) is 23.9 Å². The molecule has 2 unspecified atom stereocenters. The zero-order valence-corrected chi connectivity index (χ0v) is 11.9. The maximum Gasteiger partial charge on any atom is 0.223 e. The first kappa shape index (κ1) is 16.9. The van der Waals surface area contributed by atoms with Crippen LogP contribution in [0, 0.1) is 17.6 Å². The van der Waals surface area contributed by atoms with Gasteiger partial charge in [-0.3, -0.25) is 4.79 Å². The van der Waals surface area contributed by atoms with Crippen molar-refractivity contribution in [3.8, 4) is 0 Å². The quantitative estimate of drug-likeness (QED) is 0.793. The van der Waals surface area contributed by atoms with E-state index in [1.807, 2.05) is 0 Å². The monoisotopic (exact) mass is 304 g/mol. The second-order valence-corrected chi connectivity index (χ2v) is 4.87. The van der Waals surface area contributed by atoms with E-state index in [1.165, 1.54) is 18.2 Å². The van der Waals surface area contributed by atoms with Crippen LogP contribution < -0.4 is 11.1 Å². The third kappa shape index (κ3) is 3.90. The van der Waals surface area contributed by atoms with Crippen LogP contribution in [0.5, 0.6) is 0 Å². The number of carbonyl (C=O) groups is 1. The fourth-order valence-corrected chi connectivity index (χ4v) is 2.28. The average Bonchev–Trinajstić information content (AvgIpc) is 3.14. The summed E-state index contributed by atoms with van der Waals surface area (Å²) in [4.78, 5) is 11.8. The molecule has 1 aliphatic carbocycles. The number of unbranched alkanes of at least 4 members (excludes halogenated alkanes) is 1. The minimum atomic E-state index is -0.566. The molecule has 1 amide bonds. The lowest BCUT2D eigenvalue weighted by Gasteiger charge is -2.06. The van der Waals surface area contributed by atoms with Crippen LogP contribution in [0.4, 0.5) is 8.78 Å². The first-order valence-electron chi connectivity index (χ1n) is 6.57. The van der Waals surface area contributed by atoms with Crippen molar-refractivity contribution in [2.45, 2.75) is 25.2 Å². The molecule has 0 radical (unpaired) electrons. The largest absolute Gasteiger partial charge is 0.356 e.